The molecule has 1 fully saturated rings. The highest BCUT2D eigenvalue weighted by Gasteiger charge is 2.24. The van der Waals surface area contributed by atoms with Crippen LogP contribution in [0.5, 0.6) is 5.75 Å². The number of pyridine rings is 2. The Balaban J connectivity index is 1.19. The van der Waals surface area contributed by atoms with Crippen LogP contribution in [-0.2, 0) is 11.3 Å². The fourth-order valence-electron chi connectivity index (χ4n) is 5.27. The lowest BCUT2D eigenvalue weighted by atomic mass is 10.0. The van der Waals surface area contributed by atoms with Crippen molar-refractivity contribution in [3.63, 3.8) is 0 Å². The molecule has 8 heteroatoms. The number of H-pyrrole nitrogens is 1. The zero-order valence-corrected chi connectivity index (χ0v) is 22.1. The highest BCUT2D eigenvalue weighted by Crippen LogP contribution is 2.30. The third kappa shape index (κ3) is 4.79. The van der Waals surface area contributed by atoms with Gasteiger partial charge < -0.3 is 19.6 Å². The Kier molecular flexibility index (Phi) is 6.62. The predicted molar refractivity (Wildman–Crippen MR) is 154 cm³/mol. The molecule has 6 rings (SSSR count). The van der Waals surface area contributed by atoms with Crippen molar-refractivity contribution >= 4 is 27.6 Å². The summed E-state index contributed by atoms with van der Waals surface area (Å²) in [6, 6.07) is 18.3. The number of rotatable bonds is 7. The third-order valence-electron chi connectivity index (χ3n) is 7.60. The first-order chi connectivity index (χ1) is 19.0. The lowest BCUT2D eigenvalue weighted by molar-refractivity contribution is -0.128. The normalized spacial score (nSPS) is 16.1. The van der Waals surface area contributed by atoms with Gasteiger partial charge in [-0.15, -0.1) is 0 Å². The summed E-state index contributed by atoms with van der Waals surface area (Å²) in [6.07, 6.45) is 5.59. The fraction of sp³-hybridized carbons (Fsp3) is 0.258. The molecule has 1 aliphatic rings. The number of carbonyl (C=O) groups is 1. The third-order valence-corrected chi connectivity index (χ3v) is 7.60. The number of aryl methyl sites for hydroxylation is 1. The molecular formula is C31H31N5O3. The van der Waals surface area contributed by atoms with Crippen LogP contribution in [0.15, 0.2) is 78.0 Å². The number of hydrogen-bond acceptors (Lipinski definition) is 5. The van der Waals surface area contributed by atoms with Gasteiger partial charge in [0.15, 0.2) is 0 Å². The van der Waals surface area contributed by atoms with Crippen LogP contribution in [0.3, 0.4) is 0 Å². The number of carbonyl (C=O) groups excluding carboxylic acids is 1. The molecule has 2 aromatic carbocycles. The molecule has 3 aromatic heterocycles. The highest BCUT2D eigenvalue weighted by atomic mass is 16.5. The summed E-state index contributed by atoms with van der Waals surface area (Å²) in [5.74, 6) is 0.886. The molecule has 8 nitrogen and oxygen atoms in total. The van der Waals surface area contributed by atoms with E-state index in [0.29, 0.717) is 31.8 Å². The number of aromatic amines is 1. The van der Waals surface area contributed by atoms with Crippen LogP contribution in [0.4, 0.5) is 0 Å². The van der Waals surface area contributed by atoms with Crippen molar-refractivity contribution in [3.8, 4) is 28.1 Å². The Morgan fingerprint density at radius 3 is 2.67 bits per heavy atom. The van der Waals surface area contributed by atoms with Crippen LogP contribution < -0.4 is 15.6 Å². The first-order valence-electron chi connectivity index (χ1n) is 13.4. The number of aromatic nitrogens is 3. The maximum absolute atomic E-state index is 12.6. The molecular weight excluding hydrogens is 490 g/mol. The average molecular weight is 522 g/mol. The number of hydrogen-bond donors (Lipinski definition) is 2. The number of nitrogens with zero attached hydrogens (tertiary/aromatic N) is 3. The molecule has 0 saturated carbocycles. The smallest absolute Gasteiger partial charge is 0.274 e. The van der Waals surface area contributed by atoms with Gasteiger partial charge in [0.1, 0.15) is 17.9 Å². The van der Waals surface area contributed by atoms with Crippen LogP contribution in [-0.4, -0.2) is 57.6 Å². The number of benzene rings is 2. The molecule has 39 heavy (non-hydrogen) atoms. The molecule has 1 amide bonds. The van der Waals surface area contributed by atoms with Crippen molar-refractivity contribution in [2.45, 2.75) is 26.4 Å². The van der Waals surface area contributed by atoms with Gasteiger partial charge in [0.2, 0.25) is 5.91 Å². The van der Waals surface area contributed by atoms with Gasteiger partial charge >= 0.3 is 0 Å². The van der Waals surface area contributed by atoms with Crippen LogP contribution in [0, 0.1) is 0 Å². The molecule has 198 valence electrons. The summed E-state index contributed by atoms with van der Waals surface area (Å²) >= 11 is 0. The lowest BCUT2D eigenvalue weighted by Gasteiger charge is -2.32. The van der Waals surface area contributed by atoms with Crippen LogP contribution in [0.1, 0.15) is 13.8 Å². The Labute approximate surface area is 226 Å². The van der Waals surface area contributed by atoms with E-state index in [9.17, 15) is 9.59 Å². The summed E-state index contributed by atoms with van der Waals surface area (Å²) in [4.78, 5) is 34.5. The standard InChI is InChI=1S/C31H31N5O3/c1-3-35-19-27(26-10-11-32-29(26)31(35)38)28-17-23-5-4-22(16-24(23)18-34-28)21-6-8-25(9-7-21)39-15-14-36-13-12-33-30(37)20(36)2/h4-11,16-20,32H,3,12-15H2,1-2H3,(H,33,37). The molecule has 1 aliphatic heterocycles. The summed E-state index contributed by atoms with van der Waals surface area (Å²) in [6.45, 7) is 7.26. The summed E-state index contributed by atoms with van der Waals surface area (Å²) < 4.78 is 7.66. The first kappa shape index (κ1) is 24.9. The molecule has 1 saturated heterocycles. The number of piperazine rings is 1. The second kappa shape index (κ2) is 10.4. The maximum atomic E-state index is 12.6. The average Bonchev–Trinajstić information content (AvgIpc) is 3.46. The lowest BCUT2D eigenvalue weighted by Crippen LogP contribution is -2.54. The van der Waals surface area contributed by atoms with E-state index < -0.39 is 0 Å². The fourth-order valence-corrected chi connectivity index (χ4v) is 5.27. The van der Waals surface area contributed by atoms with Gasteiger partial charge in [-0.1, -0.05) is 24.3 Å². The zero-order chi connectivity index (χ0) is 26.9. The van der Waals surface area contributed by atoms with Gasteiger partial charge in [0.25, 0.3) is 5.56 Å². The molecule has 5 aromatic rings. The quantitative estimate of drug-likeness (QED) is 0.331. The molecule has 1 atom stereocenters. The Hall–Kier alpha value is -4.43. The highest BCUT2D eigenvalue weighted by molar-refractivity contribution is 5.96. The molecule has 4 heterocycles. The van der Waals surface area contributed by atoms with Crippen molar-refractivity contribution in [1.82, 2.24) is 24.8 Å². The number of ether oxygens (including phenoxy) is 1. The molecule has 1 unspecified atom stereocenters. The zero-order valence-electron chi connectivity index (χ0n) is 22.1. The second-order valence-electron chi connectivity index (χ2n) is 9.91. The SMILES string of the molecule is CCn1cc(-c2cc3ccc(-c4ccc(OCCN5CCNC(=O)C5C)cc4)cc3cn2)c2cc[nH]c2c1=O. The minimum atomic E-state index is -0.121. The number of fused-ring (bicyclic) bond motifs is 2. The van der Waals surface area contributed by atoms with Crippen molar-refractivity contribution in [2.75, 3.05) is 26.2 Å². The molecule has 0 aliphatic carbocycles. The van der Waals surface area contributed by atoms with E-state index in [1.54, 1.807) is 10.8 Å². The molecule has 0 bridgehead atoms. The van der Waals surface area contributed by atoms with E-state index in [1.165, 1.54) is 0 Å². The minimum absolute atomic E-state index is 0.0197. The van der Waals surface area contributed by atoms with Gasteiger partial charge in [-0.3, -0.25) is 19.5 Å². The van der Waals surface area contributed by atoms with Crippen LogP contribution >= 0.6 is 0 Å². The number of nitrogens with one attached hydrogen (secondary N) is 2. The maximum Gasteiger partial charge on any atom is 0.274 e. The van der Waals surface area contributed by atoms with E-state index in [1.807, 2.05) is 44.4 Å². The van der Waals surface area contributed by atoms with Crippen LogP contribution in [0.2, 0.25) is 0 Å². The van der Waals surface area contributed by atoms with Gasteiger partial charge in [0.05, 0.1) is 11.7 Å². The minimum Gasteiger partial charge on any atom is -0.492 e. The first-order valence-corrected chi connectivity index (χ1v) is 13.4. The Morgan fingerprint density at radius 2 is 1.85 bits per heavy atom. The van der Waals surface area contributed by atoms with Crippen LogP contribution in [0.25, 0.3) is 44.1 Å². The summed E-state index contributed by atoms with van der Waals surface area (Å²) in [5, 5.41) is 5.90. The van der Waals surface area contributed by atoms with E-state index in [2.05, 4.69) is 51.6 Å². The van der Waals surface area contributed by atoms with Gasteiger partial charge in [-0.05, 0) is 60.7 Å². The largest absolute Gasteiger partial charge is 0.492 e. The van der Waals surface area contributed by atoms with E-state index in [-0.39, 0.29) is 17.5 Å². The summed E-state index contributed by atoms with van der Waals surface area (Å²) in [7, 11) is 0. The number of amides is 1. The Bertz CT molecular complexity index is 1720. The Morgan fingerprint density at radius 1 is 1.03 bits per heavy atom. The molecule has 0 spiro atoms. The van der Waals surface area contributed by atoms with E-state index >= 15 is 0 Å². The van der Waals surface area contributed by atoms with E-state index in [0.717, 1.165) is 50.8 Å². The molecule has 0 radical (unpaired) electrons. The second-order valence-corrected chi connectivity index (χ2v) is 9.91. The van der Waals surface area contributed by atoms with Crippen molar-refractivity contribution in [3.05, 3.63) is 83.5 Å². The molecule has 2 N–H and O–H groups in total. The van der Waals surface area contributed by atoms with Gasteiger partial charge in [-0.25, -0.2) is 0 Å². The summed E-state index contributed by atoms with van der Waals surface area (Å²) in [5.41, 5.74) is 4.56. The van der Waals surface area contributed by atoms with Gasteiger partial charge in [0, 0.05) is 61.1 Å². The topological polar surface area (TPSA) is 92.2 Å². The predicted octanol–water partition coefficient (Wildman–Crippen LogP) is 4.43. The van der Waals surface area contributed by atoms with Crippen molar-refractivity contribution in [2.24, 2.45) is 0 Å². The van der Waals surface area contributed by atoms with E-state index in [4.69, 9.17) is 9.72 Å². The van der Waals surface area contributed by atoms with Crippen molar-refractivity contribution in [1.29, 1.82) is 0 Å². The van der Waals surface area contributed by atoms with Crippen molar-refractivity contribution < 1.29 is 9.53 Å². The van der Waals surface area contributed by atoms with Gasteiger partial charge in [-0.2, -0.15) is 0 Å². The monoisotopic (exact) mass is 521 g/mol.